The fourth-order valence-electron chi connectivity index (χ4n) is 1.73. The Hall–Kier alpha value is -1.66. The number of aliphatic hydroxyl groups is 1. The van der Waals surface area contributed by atoms with Crippen molar-refractivity contribution in [3.63, 3.8) is 0 Å². The molecule has 0 aliphatic heterocycles. The van der Waals surface area contributed by atoms with Crippen molar-refractivity contribution in [3.05, 3.63) is 33.9 Å². The Morgan fingerprint density at radius 3 is 2.95 bits per heavy atom. The fraction of sp³-hybridized carbons (Fsp3) is 0.538. The molecule has 6 heteroatoms. The molecule has 0 amide bonds. The molecule has 0 aromatic heterocycles. The van der Waals surface area contributed by atoms with Crippen molar-refractivity contribution in [3.8, 4) is 5.75 Å². The zero-order chi connectivity index (χ0) is 13.8. The van der Waals surface area contributed by atoms with Crippen molar-refractivity contribution in [1.29, 1.82) is 0 Å². The van der Waals surface area contributed by atoms with Gasteiger partial charge in [0.15, 0.2) is 5.75 Å². The van der Waals surface area contributed by atoms with E-state index in [1.807, 2.05) is 0 Å². The third-order valence-electron chi connectivity index (χ3n) is 2.96. The quantitative estimate of drug-likeness (QED) is 0.575. The minimum atomic E-state index is -0.665. The van der Waals surface area contributed by atoms with Crippen molar-refractivity contribution >= 4 is 5.69 Å². The molecule has 0 heterocycles. The van der Waals surface area contributed by atoms with Crippen LogP contribution in [0.25, 0.3) is 0 Å². The van der Waals surface area contributed by atoms with Gasteiger partial charge in [-0.3, -0.25) is 10.1 Å². The summed E-state index contributed by atoms with van der Waals surface area (Å²) in [7, 11) is 0. The molecule has 0 bridgehead atoms. The number of nitrogens with zero attached hydrogens (tertiary/aromatic N) is 1. The Morgan fingerprint density at radius 1 is 1.58 bits per heavy atom. The SMILES string of the molecule is Cc1ccc(OCC(O)CNC2CC2)c([N+](=O)[O-])c1. The van der Waals surface area contributed by atoms with E-state index in [-0.39, 0.29) is 18.0 Å². The van der Waals surface area contributed by atoms with E-state index in [2.05, 4.69) is 5.32 Å². The summed E-state index contributed by atoms with van der Waals surface area (Å²) in [6, 6.07) is 5.29. The first kappa shape index (κ1) is 13.8. The number of hydrogen-bond acceptors (Lipinski definition) is 5. The molecule has 0 spiro atoms. The summed E-state index contributed by atoms with van der Waals surface area (Å²) >= 11 is 0. The first-order valence-electron chi connectivity index (χ1n) is 6.35. The molecule has 1 aliphatic rings. The van der Waals surface area contributed by atoms with E-state index in [1.54, 1.807) is 19.1 Å². The Balaban J connectivity index is 1.88. The number of ether oxygens (including phenoxy) is 1. The number of aryl methyl sites for hydroxylation is 1. The first-order chi connectivity index (χ1) is 9.06. The van der Waals surface area contributed by atoms with Crippen LogP contribution in [-0.2, 0) is 0 Å². The molecule has 0 radical (unpaired) electrons. The average molecular weight is 266 g/mol. The van der Waals surface area contributed by atoms with E-state index in [0.717, 1.165) is 18.4 Å². The van der Waals surface area contributed by atoms with Crippen molar-refractivity contribution in [2.45, 2.75) is 31.9 Å². The Morgan fingerprint density at radius 2 is 2.32 bits per heavy atom. The van der Waals surface area contributed by atoms with Crippen molar-refractivity contribution in [2.75, 3.05) is 13.2 Å². The van der Waals surface area contributed by atoms with Crippen LogP contribution in [0.15, 0.2) is 18.2 Å². The molecule has 1 aromatic rings. The Labute approximate surface area is 111 Å². The lowest BCUT2D eigenvalue weighted by Crippen LogP contribution is -2.32. The van der Waals surface area contributed by atoms with Crippen molar-refractivity contribution in [2.24, 2.45) is 0 Å². The molecule has 0 saturated heterocycles. The lowest BCUT2D eigenvalue weighted by atomic mass is 10.2. The van der Waals surface area contributed by atoms with Gasteiger partial charge in [0.2, 0.25) is 0 Å². The minimum absolute atomic E-state index is 0.0453. The highest BCUT2D eigenvalue weighted by atomic mass is 16.6. The highest BCUT2D eigenvalue weighted by Crippen LogP contribution is 2.27. The van der Waals surface area contributed by atoms with Crippen LogP contribution in [0.4, 0.5) is 5.69 Å². The number of nitro groups is 1. The van der Waals surface area contributed by atoms with E-state index in [9.17, 15) is 15.2 Å². The first-order valence-corrected chi connectivity index (χ1v) is 6.35. The van der Waals surface area contributed by atoms with Gasteiger partial charge in [-0.2, -0.15) is 0 Å². The summed E-state index contributed by atoms with van der Waals surface area (Å²) in [4.78, 5) is 10.4. The number of hydrogen-bond donors (Lipinski definition) is 2. The van der Waals surface area contributed by atoms with Gasteiger partial charge < -0.3 is 15.2 Å². The molecule has 1 fully saturated rings. The van der Waals surface area contributed by atoms with Gasteiger partial charge in [0, 0.05) is 18.7 Å². The predicted octanol–water partition coefficient (Wildman–Crippen LogP) is 1.39. The van der Waals surface area contributed by atoms with E-state index in [0.29, 0.717) is 12.6 Å². The van der Waals surface area contributed by atoms with Crippen LogP contribution >= 0.6 is 0 Å². The van der Waals surface area contributed by atoms with Gasteiger partial charge in [-0.25, -0.2) is 0 Å². The molecule has 6 nitrogen and oxygen atoms in total. The largest absolute Gasteiger partial charge is 0.484 e. The van der Waals surface area contributed by atoms with Crippen molar-refractivity contribution in [1.82, 2.24) is 5.32 Å². The van der Waals surface area contributed by atoms with E-state index < -0.39 is 11.0 Å². The molecular weight excluding hydrogens is 248 g/mol. The number of nitrogens with one attached hydrogen (secondary N) is 1. The minimum Gasteiger partial charge on any atom is -0.484 e. The van der Waals surface area contributed by atoms with Crippen LogP contribution in [0.5, 0.6) is 5.75 Å². The zero-order valence-corrected chi connectivity index (χ0v) is 10.8. The number of rotatable bonds is 7. The molecule has 2 rings (SSSR count). The van der Waals surface area contributed by atoms with Gasteiger partial charge in [0.25, 0.3) is 0 Å². The summed E-state index contributed by atoms with van der Waals surface area (Å²) in [6.07, 6.45) is 1.63. The number of aliphatic hydroxyl groups excluding tert-OH is 1. The van der Waals surface area contributed by atoms with Crippen LogP contribution < -0.4 is 10.1 Å². The highest BCUT2D eigenvalue weighted by molar-refractivity contribution is 5.48. The van der Waals surface area contributed by atoms with Gasteiger partial charge in [0.1, 0.15) is 12.7 Å². The third-order valence-corrected chi connectivity index (χ3v) is 2.96. The summed E-state index contributed by atoms with van der Waals surface area (Å²) in [5, 5.41) is 23.8. The highest BCUT2D eigenvalue weighted by Gasteiger charge is 2.22. The second-order valence-electron chi connectivity index (χ2n) is 4.88. The summed E-state index contributed by atoms with van der Waals surface area (Å²) < 4.78 is 5.34. The standard InChI is InChI=1S/C13H18N2O4/c1-9-2-5-13(12(6-9)15(17)18)19-8-11(16)7-14-10-3-4-10/h2,5-6,10-11,14,16H,3-4,7-8H2,1H3. The molecule has 1 aromatic carbocycles. The summed E-state index contributed by atoms with van der Waals surface area (Å²) in [5.74, 6) is 0.195. The molecule has 1 atom stereocenters. The monoisotopic (exact) mass is 266 g/mol. The van der Waals surface area contributed by atoms with Gasteiger partial charge >= 0.3 is 5.69 Å². The third kappa shape index (κ3) is 4.18. The van der Waals surface area contributed by atoms with Gasteiger partial charge in [0.05, 0.1) is 4.92 Å². The molecule has 104 valence electrons. The van der Waals surface area contributed by atoms with Crippen LogP contribution in [0, 0.1) is 17.0 Å². The smallest absolute Gasteiger partial charge is 0.311 e. The fourth-order valence-corrected chi connectivity index (χ4v) is 1.73. The van der Waals surface area contributed by atoms with Crippen LogP contribution in [0.3, 0.4) is 0 Å². The molecular formula is C13H18N2O4. The molecule has 19 heavy (non-hydrogen) atoms. The number of benzene rings is 1. The molecule has 1 saturated carbocycles. The maximum atomic E-state index is 10.9. The normalized spacial score (nSPS) is 16.1. The van der Waals surface area contributed by atoms with Gasteiger partial charge in [-0.15, -0.1) is 0 Å². The summed E-state index contributed by atoms with van der Waals surface area (Å²) in [5.41, 5.74) is 0.734. The number of nitro benzene ring substituents is 1. The van der Waals surface area contributed by atoms with Crippen LogP contribution in [-0.4, -0.2) is 35.3 Å². The van der Waals surface area contributed by atoms with Gasteiger partial charge in [-0.1, -0.05) is 6.07 Å². The van der Waals surface area contributed by atoms with Gasteiger partial charge in [-0.05, 0) is 31.4 Å². The van der Waals surface area contributed by atoms with E-state index >= 15 is 0 Å². The molecule has 2 N–H and O–H groups in total. The molecule has 1 unspecified atom stereocenters. The second kappa shape index (κ2) is 5.99. The lowest BCUT2D eigenvalue weighted by Gasteiger charge is -2.13. The molecule has 1 aliphatic carbocycles. The topological polar surface area (TPSA) is 84.6 Å². The lowest BCUT2D eigenvalue weighted by molar-refractivity contribution is -0.386. The maximum Gasteiger partial charge on any atom is 0.311 e. The summed E-state index contributed by atoms with van der Waals surface area (Å²) in [6.45, 7) is 2.28. The average Bonchev–Trinajstić information content (AvgIpc) is 3.18. The maximum absolute atomic E-state index is 10.9. The predicted molar refractivity (Wildman–Crippen MR) is 70.4 cm³/mol. The second-order valence-corrected chi connectivity index (χ2v) is 4.88. The van der Waals surface area contributed by atoms with Crippen molar-refractivity contribution < 1.29 is 14.8 Å². The van der Waals surface area contributed by atoms with Crippen LogP contribution in [0.1, 0.15) is 18.4 Å². The van der Waals surface area contributed by atoms with Crippen LogP contribution in [0.2, 0.25) is 0 Å². The zero-order valence-electron chi connectivity index (χ0n) is 10.8. The Kier molecular flexibility index (Phi) is 4.34. The van der Waals surface area contributed by atoms with E-state index in [1.165, 1.54) is 6.07 Å². The van der Waals surface area contributed by atoms with E-state index in [4.69, 9.17) is 4.74 Å². The Bertz CT molecular complexity index is 460.